The Balaban J connectivity index is 2.16. The van der Waals surface area contributed by atoms with E-state index in [4.69, 9.17) is 4.74 Å². The van der Waals surface area contributed by atoms with Crippen molar-refractivity contribution in [1.82, 2.24) is 5.32 Å². The van der Waals surface area contributed by atoms with Gasteiger partial charge in [0.15, 0.2) is 0 Å². The molecule has 0 saturated heterocycles. The summed E-state index contributed by atoms with van der Waals surface area (Å²) >= 11 is 0. The molecule has 0 aromatic heterocycles. The summed E-state index contributed by atoms with van der Waals surface area (Å²) in [5.74, 6) is 0.818. The van der Waals surface area contributed by atoms with Crippen LogP contribution < -0.4 is 5.32 Å². The number of ether oxygens (including phenoxy) is 1. The standard InChI is InChI=1S/C18H37NO/c1-6-10-19-16(7-2)9-8-11-20-17-12-15(3)13-18(4,5)14-17/h15-17,19H,6-14H2,1-5H3. The van der Waals surface area contributed by atoms with Crippen molar-refractivity contribution < 1.29 is 4.74 Å². The van der Waals surface area contributed by atoms with Crippen molar-refractivity contribution in [3.8, 4) is 0 Å². The Morgan fingerprint density at radius 3 is 2.60 bits per heavy atom. The molecule has 120 valence electrons. The van der Waals surface area contributed by atoms with Gasteiger partial charge in [-0.2, -0.15) is 0 Å². The lowest BCUT2D eigenvalue weighted by molar-refractivity contribution is -0.0244. The molecule has 0 bridgehead atoms. The first-order chi connectivity index (χ1) is 9.46. The molecule has 0 heterocycles. The van der Waals surface area contributed by atoms with Gasteiger partial charge in [0.1, 0.15) is 0 Å². The van der Waals surface area contributed by atoms with Gasteiger partial charge in [0.25, 0.3) is 0 Å². The SMILES string of the molecule is CCCNC(CC)CCCOC1CC(C)CC(C)(C)C1. The first-order valence-electron chi connectivity index (χ1n) is 8.81. The molecule has 20 heavy (non-hydrogen) atoms. The molecule has 1 aliphatic carbocycles. The molecule has 2 nitrogen and oxygen atoms in total. The Morgan fingerprint density at radius 2 is 2.00 bits per heavy atom. The number of hydrogen-bond donors (Lipinski definition) is 1. The molecule has 0 radical (unpaired) electrons. The van der Waals surface area contributed by atoms with Crippen LogP contribution >= 0.6 is 0 Å². The minimum atomic E-state index is 0.469. The fourth-order valence-corrected chi connectivity index (χ4v) is 3.76. The highest BCUT2D eigenvalue weighted by Crippen LogP contribution is 2.39. The van der Waals surface area contributed by atoms with Crippen molar-refractivity contribution >= 4 is 0 Å². The van der Waals surface area contributed by atoms with Crippen molar-refractivity contribution in [3.63, 3.8) is 0 Å². The topological polar surface area (TPSA) is 21.3 Å². The van der Waals surface area contributed by atoms with Gasteiger partial charge in [-0.3, -0.25) is 0 Å². The van der Waals surface area contributed by atoms with E-state index >= 15 is 0 Å². The van der Waals surface area contributed by atoms with Gasteiger partial charge in [-0.15, -0.1) is 0 Å². The molecule has 0 aromatic carbocycles. The lowest BCUT2D eigenvalue weighted by Crippen LogP contribution is -2.33. The van der Waals surface area contributed by atoms with Crippen LogP contribution in [-0.4, -0.2) is 25.3 Å². The summed E-state index contributed by atoms with van der Waals surface area (Å²) in [6, 6.07) is 0.681. The van der Waals surface area contributed by atoms with Gasteiger partial charge < -0.3 is 10.1 Å². The molecule has 0 aromatic rings. The first-order valence-corrected chi connectivity index (χ1v) is 8.81. The molecule has 2 heteroatoms. The zero-order chi connectivity index (χ0) is 15.0. The molecule has 1 aliphatic rings. The summed E-state index contributed by atoms with van der Waals surface area (Å²) in [6.45, 7) is 13.8. The van der Waals surface area contributed by atoms with Crippen LogP contribution in [0.4, 0.5) is 0 Å². The summed E-state index contributed by atoms with van der Waals surface area (Å²) in [4.78, 5) is 0. The second-order valence-corrected chi connectivity index (χ2v) is 7.61. The van der Waals surface area contributed by atoms with E-state index in [1.807, 2.05) is 0 Å². The van der Waals surface area contributed by atoms with Crippen molar-refractivity contribution in [3.05, 3.63) is 0 Å². The maximum absolute atomic E-state index is 6.16. The van der Waals surface area contributed by atoms with Crippen molar-refractivity contribution in [2.75, 3.05) is 13.2 Å². The number of hydrogen-bond acceptors (Lipinski definition) is 2. The Labute approximate surface area is 127 Å². The molecule has 0 amide bonds. The van der Waals surface area contributed by atoms with Crippen molar-refractivity contribution in [2.45, 2.75) is 91.7 Å². The van der Waals surface area contributed by atoms with Crippen LogP contribution in [0, 0.1) is 11.3 Å². The van der Waals surface area contributed by atoms with E-state index in [9.17, 15) is 0 Å². The Kier molecular flexibility index (Phi) is 8.13. The summed E-state index contributed by atoms with van der Waals surface area (Å²) in [5.41, 5.74) is 0.469. The molecule has 3 unspecified atom stereocenters. The van der Waals surface area contributed by atoms with Crippen LogP contribution in [0.2, 0.25) is 0 Å². The van der Waals surface area contributed by atoms with Gasteiger partial charge in [0.2, 0.25) is 0 Å². The normalized spacial score (nSPS) is 27.4. The summed E-state index contributed by atoms with van der Waals surface area (Å²) in [6.07, 6.45) is 9.25. The van der Waals surface area contributed by atoms with E-state index in [2.05, 4.69) is 39.9 Å². The minimum Gasteiger partial charge on any atom is -0.378 e. The number of rotatable bonds is 9. The van der Waals surface area contributed by atoms with Crippen LogP contribution in [0.1, 0.15) is 79.6 Å². The predicted octanol–water partition coefficient (Wildman–Crippen LogP) is 4.78. The average Bonchev–Trinajstić information content (AvgIpc) is 2.35. The minimum absolute atomic E-state index is 0.469. The van der Waals surface area contributed by atoms with Crippen LogP contribution in [0.15, 0.2) is 0 Å². The maximum Gasteiger partial charge on any atom is 0.0582 e. The fourth-order valence-electron chi connectivity index (χ4n) is 3.76. The van der Waals surface area contributed by atoms with E-state index in [-0.39, 0.29) is 0 Å². The highest BCUT2D eigenvalue weighted by molar-refractivity contribution is 4.83. The quantitative estimate of drug-likeness (QED) is 0.615. The van der Waals surface area contributed by atoms with E-state index in [0.29, 0.717) is 17.6 Å². The van der Waals surface area contributed by atoms with Gasteiger partial charge in [-0.1, -0.05) is 34.6 Å². The Morgan fingerprint density at radius 1 is 1.25 bits per heavy atom. The lowest BCUT2D eigenvalue weighted by Gasteiger charge is -2.38. The molecular formula is C18H37NO. The summed E-state index contributed by atoms with van der Waals surface area (Å²) in [7, 11) is 0. The molecular weight excluding hydrogens is 246 g/mol. The molecule has 3 atom stereocenters. The van der Waals surface area contributed by atoms with E-state index in [0.717, 1.165) is 19.1 Å². The monoisotopic (exact) mass is 283 g/mol. The fraction of sp³-hybridized carbons (Fsp3) is 1.00. The zero-order valence-corrected chi connectivity index (χ0v) is 14.5. The molecule has 1 saturated carbocycles. The maximum atomic E-state index is 6.16. The van der Waals surface area contributed by atoms with Crippen LogP contribution in [0.5, 0.6) is 0 Å². The lowest BCUT2D eigenvalue weighted by atomic mass is 9.71. The second-order valence-electron chi connectivity index (χ2n) is 7.61. The summed E-state index contributed by atoms with van der Waals surface area (Å²) in [5, 5.41) is 3.62. The molecule has 0 aliphatic heterocycles. The zero-order valence-electron chi connectivity index (χ0n) is 14.5. The highest BCUT2D eigenvalue weighted by Gasteiger charge is 2.32. The first kappa shape index (κ1) is 18.0. The smallest absolute Gasteiger partial charge is 0.0582 e. The van der Waals surface area contributed by atoms with Gasteiger partial charge >= 0.3 is 0 Å². The Hall–Kier alpha value is -0.0800. The number of nitrogens with one attached hydrogen (secondary N) is 1. The van der Waals surface area contributed by atoms with E-state index < -0.39 is 0 Å². The van der Waals surface area contributed by atoms with Crippen LogP contribution in [0.3, 0.4) is 0 Å². The largest absolute Gasteiger partial charge is 0.378 e. The molecule has 0 spiro atoms. The average molecular weight is 284 g/mol. The van der Waals surface area contributed by atoms with Crippen molar-refractivity contribution in [2.24, 2.45) is 11.3 Å². The summed E-state index contributed by atoms with van der Waals surface area (Å²) < 4.78 is 6.16. The van der Waals surface area contributed by atoms with Gasteiger partial charge in [-0.05, 0) is 62.8 Å². The third kappa shape index (κ3) is 7.08. The van der Waals surface area contributed by atoms with Crippen LogP contribution in [0.25, 0.3) is 0 Å². The Bertz CT molecular complexity index is 252. The van der Waals surface area contributed by atoms with Gasteiger partial charge in [-0.25, -0.2) is 0 Å². The highest BCUT2D eigenvalue weighted by atomic mass is 16.5. The second kappa shape index (κ2) is 9.04. The third-order valence-electron chi connectivity index (χ3n) is 4.57. The van der Waals surface area contributed by atoms with E-state index in [1.54, 1.807) is 0 Å². The van der Waals surface area contributed by atoms with Gasteiger partial charge in [0.05, 0.1) is 6.10 Å². The molecule has 1 rings (SSSR count). The van der Waals surface area contributed by atoms with Crippen LogP contribution in [-0.2, 0) is 4.74 Å². The van der Waals surface area contributed by atoms with Gasteiger partial charge in [0, 0.05) is 12.6 Å². The third-order valence-corrected chi connectivity index (χ3v) is 4.57. The predicted molar refractivity (Wildman–Crippen MR) is 88.1 cm³/mol. The molecule has 1 fully saturated rings. The van der Waals surface area contributed by atoms with Crippen molar-refractivity contribution in [1.29, 1.82) is 0 Å². The molecule has 1 N–H and O–H groups in total. The van der Waals surface area contributed by atoms with E-state index in [1.165, 1.54) is 44.9 Å².